The van der Waals surface area contributed by atoms with Crippen molar-refractivity contribution in [1.82, 2.24) is 0 Å². The number of unbranched alkanes of at least 4 members (excludes halogenated alkanes) is 2. The van der Waals surface area contributed by atoms with Crippen LogP contribution < -0.4 is 0 Å². The molecule has 2 aliphatic rings. The van der Waals surface area contributed by atoms with Crippen LogP contribution in [0.5, 0.6) is 0 Å². The van der Waals surface area contributed by atoms with Gasteiger partial charge in [0.05, 0.1) is 17.6 Å². The van der Waals surface area contributed by atoms with E-state index in [4.69, 9.17) is 9.84 Å². The Balaban J connectivity index is 1.93. The topological polar surface area (TPSA) is 66.8 Å². The average Bonchev–Trinajstić information content (AvgIpc) is 2.84. The van der Waals surface area contributed by atoms with Crippen LogP contribution in [0.25, 0.3) is 0 Å². The first-order valence-corrected chi connectivity index (χ1v) is 6.19. The van der Waals surface area contributed by atoms with Crippen LogP contribution >= 0.6 is 0 Å². The van der Waals surface area contributed by atoms with E-state index in [1.807, 2.05) is 0 Å². The molecule has 0 aromatic rings. The number of hydrogen-bond donors (Lipinski definition) is 2. The van der Waals surface area contributed by atoms with E-state index in [0.29, 0.717) is 12.8 Å². The van der Waals surface area contributed by atoms with E-state index in [-0.39, 0.29) is 18.8 Å². The molecule has 3 atom stereocenters. The van der Waals surface area contributed by atoms with Crippen LogP contribution in [-0.2, 0) is 9.53 Å². The number of carboxylic acid groups (broad SMARTS) is 1. The van der Waals surface area contributed by atoms with E-state index in [9.17, 15) is 9.90 Å². The van der Waals surface area contributed by atoms with Gasteiger partial charge in [0.2, 0.25) is 0 Å². The highest BCUT2D eigenvalue weighted by molar-refractivity contribution is 5.76. The Bertz CT molecular complexity index is 266. The molecule has 92 valence electrons. The van der Waals surface area contributed by atoms with Gasteiger partial charge in [0.1, 0.15) is 0 Å². The van der Waals surface area contributed by atoms with Gasteiger partial charge in [-0.15, -0.1) is 0 Å². The maximum atomic E-state index is 11.4. The van der Waals surface area contributed by atoms with Crippen LogP contribution in [0, 0.1) is 5.41 Å². The van der Waals surface area contributed by atoms with Gasteiger partial charge in [0.15, 0.2) is 0 Å². The Morgan fingerprint density at radius 1 is 1.31 bits per heavy atom. The molecule has 0 saturated carbocycles. The normalized spacial score (nSPS) is 36.8. The largest absolute Gasteiger partial charge is 0.481 e. The number of rotatable bonds is 6. The highest BCUT2D eigenvalue weighted by Gasteiger charge is 2.56. The Hall–Kier alpha value is -0.610. The Morgan fingerprint density at radius 2 is 2.12 bits per heavy atom. The molecular weight excluding hydrogens is 208 g/mol. The molecule has 2 bridgehead atoms. The molecule has 0 radical (unpaired) electrons. The number of hydrogen-bond acceptors (Lipinski definition) is 3. The predicted molar refractivity (Wildman–Crippen MR) is 58.1 cm³/mol. The molecule has 3 unspecified atom stereocenters. The fraction of sp³-hybridized carbons (Fsp3) is 0.917. The van der Waals surface area contributed by atoms with Crippen LogP contribution in [0.4, 0.5) is 0 Å². The summed E-state index contributed by atoms with van der Waals surface area (Å²) < 4.78 is 5.68. The third-order valence-corrected chi connectivity index (χ3v) is 4.02. The minimum atomic E-state index is -0.691. The lowest BCUT2D eigenvalue weighted by molar-refractivity contribution is -0.153. The number of carboxylic acids is 1. The summed E-state index contributed by atoms with van der Waals surface area (Å²) in [7, 11) is 0. The first-order chi connectivity index (χ1) is 7.69. The molecule has 4 heteroatoms. The monoisotopic (exact) mass is 228 g/mol. The van der Waals surface area contributed by atoms with Gasteiger partial charge in [0.25, 0.3) is 0 Å². The van der Waals surface area contributed by atoms with Gasteiger partial charge >= 0.3 is 5.97 Å². The third kappa shape index (κ3) is 1.96. The minimum Gasteiger partial charge on any atom is -0.481 e. The first kappa shape index (κ1) is 11.9. The molecule has 0 aromatic carbocycles. The second-order valence-corrected chi connectivity index (χ2v) is 5.02. The lowest BCUT2D eigenvalue weighted by Crippen LogP contribution is -2.40. The molecule has 0 aromatic heterocycles. The number of ether oxygens (including phenoxy) is 1. The number of aliphatic carboxylic acids is 1. The summed E-state index contributed by atoms with van der Waals surface area (Å²) in [6.45, 7) is 0.197. The van der Waals surface area contributed by atoms with Gasteiger partial charge in [-0.2, -0.15) is 0 Å². The summed E-state index contributed by atoms with van der Waals surface area (Å²) in [4.78, 5) is 11.4. The molecule has 2 rings (SSSR count). The second kappa shape index (κ2) is 4.72. The van der Waals surface area contributed by atoms with Crippen molar-refractivity contribution in [2.75, 3.05) is 6.61 Å². The quantitative estimate of drug-likeness (QED) is 0.677. The summed E-state index contributed by atoms with van der Waals surface area (Å²) in [6, 6.07) is 0. The lowest BCUT2D eigenvalue weighted by atomic mass is 9.71. The smallest absolute Gasteiger partial charge is 0.312 e. The molecule has 16 heavy (non-hydrogen) atoms. The second-order valence-electron chi connectivity index (χ2n) is 5.02. The number of carbonyl (C=O) groups is 1. The summed E-state index contributed by atoms with van der Waals surface area (Å²) in [5.41, 5.74) is -0.627. The molecule has 2 N–H and O–H groups in total. The summed E-state index contributed by atoms with van der Waals surface area (Å²) in [5.74, 6) is -0.691. The molecule has 2 fully saturated rings. The van der Waals surface area contributed by atoms with Gasteiger partial charge in [-0.1, -0.05) is 12.8 Å². The zero-order chi connectivity index (χ0) is 11.6. The Morgan fingerprint density at radius 3 is 2.62 bits per heavy atom. The van der Waals surface area contributed by atoms with Crippen LogP contribution in [0.2, 0.25) is 0 Å². The summed E-state index contributed by atoms with van der Waals surface area (Å²) in [5, 5.41) is 18.1. The summed E-state index contributed by atoms with van der Waals surface area (Å²) in [6.07, 6.45) is 5.97. The highest BCUT2D eigenvalue weighted by atomic mass is 16.5. The van der Waals surface area contributed by atoms with E-state index in [1.54, 1.807) is 0 Å². The minimum absolute atomic E-state index is 0.0656. The van der Waals surface area contributed by atoms with E-state index in [0.717, 1.165) is 32.1 Å². The van der Waals surface area contributed by atoms with Gasteiger partial charge in [-0.05, 0) is 32.1 Å². The number of aliphatic hydroxyl groups is 1. The van der Waals surface area contributed by atoms with Gasteiger partial charge in [0, 0.05) is 6.61 Å². The zero-order valence-electron chi connectivity index (χ0n) is 9.52. The first-order valence-electron chi connectivity index (χ1n) is 6.19. The van der Waals surface area contributed by atoms with E-state index in [2.05, 4.69) is 0 Å². The molecule has 2 saturated heterocycles. The van der Waals surface area contributed by atoms with Crippen molar-refractivity contribution in [3.05, 3.63) is 0 Å². The van der Waals surface area contributed by atoms with Gasteiger partial charge in [-0.3, -0.25) is 4.79 Å². The van der Waals surface area contributed by atoms with Crippen molar-refractivity contribution >= 4 is 5.97 Å². The molecule has 2 aliphatic heterocycles. The van der Waals surface area contributed by atoms with Crippen LogP contribution in [0.3, 0.4) is 0 Å². The summed E-state index contributed by atoms with van der Waals surface area (Å²) >= 11 is 0. The standard InChI is InChI=1S/C12H20O4/c13-7-3-1-2-6-12(11(14)15)8-9-4-5-10(12)16-9/h9-10,13H,1-8H2,(H,14,15). The van der Waals surface area contributed by atoms with Crippen LogP contribution in [-0.4, -0.2) is 35.0 Å². The lowest BCUT2D eigenvalue weighted by Gasteiger charge is -2.30. The zero-order valence-corrected chi connectivity index (χ0v) is 9.52. The highest BCUT2D eigenvalue weighted by Crippen LogP contribution is 2.50. The van der Waals surface area contributed by atoms with Crippen LogP contribution in [0.15, 0.2) is 0 Å². The Kier molecular flexibility index (Phi) is 3.50. The molecule has 4 nitrogen and oxygen atoms in total. The van der Waals surface area contributed by atoms with Crippen molar-refractivity contribution in [2.45, 2.75) is 57.2 Å². The molecule has 2 heterocycles. The van der Waals surface area contributed by atoms with Crippen molar-refractivity contribution in [3.63, 3.8) is 0 Å². The average molecular weight is 228 g/mol. The predicted octanol–water partition coefficient (Wildman–Crippen LogP) is 1.56. The Labute approximate surface area is 95.6 Å². The maximum Gasteiger partial charge on any atom is 0.312 e. The SMILES string of the molecule is O=C(O)C1(CCCCCO)CC2CCC1O2. The fourth-order valence-electron chi connectivity index (χ4n) is 3.12. The molecule has 0 aliphatic carbocycles. The molecular formula is C12H20O4. The number of fused-ring (bicyclic) bond motifs is 2. The van der Waals surface area contributed by atoms with Crippen molar-refractivity contribution < 1.29 is 19.7 Å². The third-order valence-electron chi connectivity index (χ3n) is 4.02. The van der Waals surface area contributed by atoms with Crippen molar-refractivity contribution in [1.29, 1.82) is 0 Å². The van der Waals surface area contributed by atoms with E-state index < -0.39 is 11.4 Å². The maximum absolute atomic E-state index is 11.4. The van der Waals surface area contributed by atoms with E-state index >= 15 is 0 Å². The molecule has 0 spiro atoms. The van der Waals surface area contributed by atoms with Crippen LogP contribution in [0.1, 0.15) is 44.9 Å². The van der Waals surface area contributed by atoms with Crippen molar-refractivity contribution in [2.24, 2.45) is 5.41 Å². The molecule has 0 amide bonds. The van der Waals surface area contributed by atoms with Gasteiger partial charge < -0.3 is 14.9 Å². The van der Waals surface area contributed by atoms with Crippen molar-refractivity contribution in [3.8, 4) is 0 Å². The fourth-order valence-corrected chi connectivity index (χ4v) is 3.12. The number of aliphatic hydroxyl groups excluding tert-OH is 1. The van der Waals surface area contributed by atoms with Gasteiger partial charge in [-0.25, -0.2) is 0 Å². The van der Waals surface area contributed by atoms with E-state index in [1.165, 1.54) is 0 Å².